The van der Waals surface area contributed by atoms with Crippen LogP contribution in [0.4, 0.5) is 0 Å². The maximum atomic E-state index is 12.3. The number of aryl methyl sites for hydroxylation is 1. The Morgan fingerprint density at radius 2 is 2.11 bits per heavy atom. The minimum absolute atomic E-state index is 0.148. The number of rotatable bonds is 5. The van der Waals surface area contributed by atoms with E-state index in [2.05, 4.69) is 0 Å². The topological polar surface area (TPSA) is 70.8 Å². The molecule has 2 aromatic heterocycles. The molecular formula is C12H15NO4S2. The van der Waals surface area contributed by atoms with E-state index in [0.717, 1.165) is 16.9 Å². The van der Waals surface area contributed by atoms with Gasteiger partial charge in [-0.1, -0.05) is 0 Å². The zero-order chi connectivity index (χ0) is 14.0. The van der Waals surface area contributed by atoms with Crippen LogP contribution < -0.4 is 0 Å². The first-order valence-electron chi connectivity index (χ1n) is 5.64. The normalized spacial score (nSPS) is 12.2. The fourth-order valence-corrected chi connectivity index (χ4v) is 4.21. The smallest absolute Gasteiger partial charge is 0.252 e. The minimum Gasteiger partial charge on any atom is -0.469 e. The summed E-state index contributed by atoms with van der Waals surface area (Å²) in [5, 5.41) is 8.99. The van der Waals surface area contributed by atoms with Crippen molar-refractivity contribution < 1.29 is 17.9 Å². The van der Waals surface area contributed by atoms with E-state index in [4.69, 9.17) is 9.52 Å². The van der Waals surface area contributed by atoms with Gasteiger partial charge in [0.1, 0.15) is 9.97 Å². The average molecular weight is 301 g/mol. The number of nitrogens with zero attached hydrogens (tertiary/aromatic N) is 1. The van der Waals surface area contributed by atoms with Gasteiger partial charge in [-0.25, -0.2) is 8.42 Å². The van der Waals surface area contributed by atoms with Gasteiger partial charge in [0, 0.05) is 24.0 Å². The predicted octanol–water partition coefficient (Wildman–Crippen LogP) is 1.96. The molecule has 19 heavy (non-hydrogen) atoms. The van der Waals surface area contributed by atoms with Crippen LogP contribution in [0.25, 0.3) is 0 Å². The van der Waals surface area contributed by atoms with Gasteiger partial charge < -0.3 is 9.52 Å². The Kier molecular flexibility index (Phi) is 4.10. The molecule has 2 heterocycles. The molecule has 0 aliphatic rings. The van der Waals surface area contributed by atoms with Gasteiger partial charge in [-0.3, -0.25) is 0 Å². The Bertz CT molecular complexity index is 657. The van der Waals surface area contributed by atoms with Crippen LogP contribution in [0.3, 0.4) is 0 Å². The van der Waals surface area contributed by atoms with Crippen molar-refractivity contribution in [1.29, 1.82) is 0 Å². The summed E-state index contributed by atoms with van der Waals surface area (Å²) in [5.41, 5.74) is 0.838. The fourth-order valence-electron chi connectivity index (χ4n) is 1.64. The van der Waals surface area contributed by atoms with E-state index in [1.165, 1.54) is 17.4 Å². The lowest BCUT2D eigenvalue weighted by Gasteiger charge is -2.15. The Balaban J connectivity index is 2.22. The van der Waals surface area contributed by atoms with Crippen molar-refractivity contribution in [1.82, 2.24) is 4.31 Å². The van der Waals surface area contributed by atoms with E-state index in [9.17, 15) is 8.42 Å². The van der Waals surface area contributed by atoms with Gasteiger partial charge in [-0.05, 0) is 25.1 Å². The molecule has 5 nitrogen and oxygen atoms in total. The Labute approximate surface area is 116 Å². The highest BCUT2D eigenvalue weighted by atomic mass is 32.2. The van der Waals surface area contributed by atoms with Gasteiger partial charge in [0.25, 0.3) is 10.0 Å². The van der Waals surface area contributed by atoms with E-state index in [1.54, 1.807) is 25.3 Å². The minimum atomic E-state index is -3.52. The van der Waals surface area contributed by atoms with Crippen LogP contribution in [0.15, 0.2) is 33.1 Å². The van der Waals surface area contributed by atoms with Crippen molar-refractivity contribution in [3.05, 3.63) is 40.7 Å². The van der Waals surface area contributed by atoms with E-state index >= 15 is 0 Å². The molecule has 2 rings (SSSR count). The SMILES string of the molecule is Cc1occc1CN(C)S(=O)(=O)c1ccc(CO)s1. The van der Waals surface area contributed by atoms with E-state index in [0.29, 0.717) is 10.6 Å². The Hall–Kier alpha value is -1.15. The molecule has 0 aliphatic carbocycles. The third-order valence-electron chi connectivity index (χ3n) is 2.82. The third kappa shape index (κ3) is 2.89. The van der Waals surface area contributed by atoms with E-state index in [-0.39, 0.29) is 17.4 Å². The van der Waals surface area contributed by atoms with Crippen molar-refractivity contribution in [3.63, 3.8) is 0 Å². The maximum Gasteiger partial charge on any atom is 0.252 e. The Morgan fingerprint density at radius 3 is 2.63 bits per heavy atom. The third-order valence-corrected chi connectivity index (χ3v) is 6.16. The second-order valence-corrected chi connectivity index (χ2v) is 7.58. The molecule has 0 amide bonds. The first kappa shape index (κ1) is 14.3. The van der Waals surface area contributed by atoms with Crippen LogP contribution in [0.5, 0.6) is 0 Å². The van der Waals surface area contributed by atoms with Crippen LogP contribution in [-0.2, 0) is 23.2 Å². The molecule has 0 radical (unpaired) electrons. The molecular weight excluding hydrogens is 286 g/mol. The highest BCUT2D eigenvalue weighted by Crippen LogP contribution is 2.25. The summed E-state index contributed by atoms with van der Waals surface area (Å²) in [6.07, 6.45) is 1.54. The van der Waals surface area contributed by atoms with Gasteiger partial charge in [0.05, 0.1) is 12.9 Å². The highest BCUT2D eigenvalue weighted by Gasteiger charge is 2.23. The van der Waals surface area contributed by atoms with Gasteiger partial charge in [-0.2, -0.15) is 4.31 Å². The van der Waals surface area contributed by atoms with Gasteiger partial charge >= 0.3 is 0 Å². The molecule has 0 aromatic carbocycles. The van der Waals surface area contributed by atoms with Crippen molar-refractivity contribution >= 4 is 21.4 Å². The number of sulfonamides is 1. The summed E-state index contributed by atoms with van der Waals surface area (Å²) in [4.78, 5) is 0.631. The monoisotopic (exact) mass is 301 g/mol. The van der Waals surface area contributed by atoms with Crippen molar-refractivity contribution in [2.75, 3.05) is 7.05 Å². The van der Waals surface area contributed by atoms with Crippen LogP contribution in [0.2, 0.25) is 0 Å². The summed E-state index contributed by atoms with van der Waals surface area (Å²) in [7, 11) is -1.99. The largest absolute Gasteiger partial charge is 0.469 e. The number of hydrogen-bond acceptors (Lipinski definition) is 5. The second-order valence-electron chi connectivity index (χ2n) is 4.14. The molecule has 0 bridgehead atoms. The summed E-state index contributed by atoms with van der Waals surface area (Å²) in [5.74, 6) is 0.712. The number of furan rings is 1. The quantitative estimate of drug-likeness (QED) is 0.916. The van der Waals surface area contributed by atoms with Crippen molar-refractivity contribution in [2.24, 2.45) is 0 Å². The van der Waals surface area contributed by atoms with Gasteiger partial charge in [0.15, 0.2) is 0 Å². The fraction of sp³-hybridized carbons (Fsp3) is 0.333. The van der Waals surface area contributed by atoms with Gasteiger partial charge in [-0.15, -0.1) is 11.3 Å². The first-order chi connectivity index (χ1) is 8.95. The number of aliphatic hydroxyl groups excluding tert-OH is 1. The van der Waals surface area contributed by atoms with Crippen molar-refractivity contribution in [3.8, 4) is 0 Å². The molecule has 0 saturated carbocycles. The molecule has 104 valence electrons. The number of thiophene rings is 1. The van der Waals surface area contributed by atoms with Gasteiger partial charge in [0.2, 0.25) is 0 Å². The molecule has 1 N–H and O–H groups in total. The van der Waals surface area contributed by atoms with Crippen LogP contribution in [0.1, 0.15) is 16.2 Å². The average Bonchev–Trinajstić information content (AvgIpc) is 2.99. The number of aliphatic hydroxyl groups is 1. The molecule has 0 atom stereocenters. The van der Waals surface area contributed by atoms with E-state index in [1.807, 2.05) is 0 Å². The van der Waals surface area contributed by atoms with Crippen LogP contribution >= 0.6 is 11.3 Å². The molecule has 7 heteroatoms. The second kappa shape index (κ2) is 5.46. The van der Waals surface area contributed by atoms with Crippen molar-refractivity contribution in [2.45, 2.75) is 24.3 Å². The van der Waals surface area contributed by atoms with Crippen LogP contribution in [-0.4, -0.2) is 24.9 Å². The molecule has 0 aliphatic heterocycles. The van der Waals surface area contributed by atoms with Crippen LogP contribution in [0, 0.1) is 6.92 Å². The number of hydrogen-bond donors (Lipinski definition) is 1. The summed E-state index contributed by atoms with van der Waals surface area (Å²) < 4.78 is 31.3. The Morgan fingerprint density at radius 1 is 1.37 bits per heavy atom. The lowest BCUT2D eigenvalue weighted by atomic mass is 10.3. The molecule has 0 saturated heterocycles. The maximum absolute atomic E-state index is 12.3. The molecule has 0 fully saturated rings. The summed E-state index contributed by atoms with van der Waals surface area (Å²) in [6.45, 7) is 1.91. The predicted molar refractivity (Wildman–Crippen MR) is 72.3 cm³/mol. The van der Waals surface area contributed by atoms with E-state index < -0.39 is 10.0 Å². The highest BCUT2D eigenvalue weighted by molar-refractivity contribution is 7.91. The zero-order valence-corrected chi connectivity index (χ0v) is 12.3. The lowest BCUT2D eigenvalue weighted by Crippen LogP contribution is -2.25. The summed E-state index contributed by atoms with van der Waals surface area (Å²) in [6, 6.07) is 4.90. The standard InChI is InChI=1S/C12H15NO4S2/c1-9-10(5-6-17-9)7-13(2)19(15,16)12-4-3-11(8-14)18-12/h3-6,14H,7-8H2,1-2H3. The summed E-state index contributed by atoms with van der Waals surface area (Å²) >= 11 is 1.08. The first-order valence-corrected chi connectivity index (χ1v) is 7.89. The molecule has 0 unspecified atom stereocenters. The lowest BCUT2D eigenvalue weighted by molar-refractivity contribution is 0.285. The molecule has 0 spiro atoms. The zero-order valence-electron chi connectivity index (χ0n) is 10.7. The molecule has 2 aromatic rings.